The average Bonchev–Trinajstić information content (AvgIpc) is 2.40. The maximum Gasteiger partial charge on any atom is 0.279 e. The van der Waals surface area contributed by atoms with Crippen LogP contribution in [0.15, 0.2) is 24.3 Å². The minimum Gasteiger partial charge on any atom is -0.373 e. The van der Waals surface area contributed by atoms with E-state index in [4.69, 9.17) is 4.74 Å². The molecule has 2 rings (SSSR count). The number of halogens is 1. The molecule has 2 atom stereocenters. The van der Waals surface area contributed by atoms with Gasteiger partial charge in [-0.05, 0) is 38.0 Å². The molecule has 7 heteroatoms. The Hall–Kier alpha value is -1.02. The fraction of sp³-hybridized carbons (Fsp3) is 0.571. The molecule has 118 valence electrons. The Morgan fingerprint density at radius 2 is 1.81 bits per heavy atom. The van der Waals surface area contributed by atoms with Gasteiger partial charge in [-0.15, -0.1) is 0 Å². The van der Waals surface area contributed by atoms with Crippen LogP contribution in [0.2, 0.25) is 0 Å². The molecule has 1 fully saturated rings. The van der Waals surface area contributed by atoms with E-state index in [9.17, 15) is 12.8 Å². The molecular weight excluding hydrogens is 295 g/mol. The summed E-state index contributed by atoms with van der Waals surface area (Å²) in [5, 5.41) is 0. The molecule has 0 amide bonds. The van der Waals surface area contributed by atoms with Gasteiger partial charge in [0.1, 0.15) is 5.82 Å². The van der Waals surface area contributed by atoms with Crippen molar-refractivity contribution in [2.24, 2.45) is 0 Å². The lowest BCUT2D eigenvalue weighted by Crippen LogP contribution is -2.52. The van der Waals surface area contributed by atoms with Crippen LogP contribution < -0.4 is 4.72 Å². The van der Waals surface area contributed by atoms with Crippen molar-refractivity contribution < 1.29 is 17.5 Å². The van der Waals surface area contributed by atoms with E-state index in [2.05, 4.69) is 4.72 Å². The van der Waals surface area contributed by atoms with Crippen molar-refractivity contribution in [1.29, 1.82) is 0 Å². The predicted octanol–water partition coefficient (Wildman–Crippen LogP) is 1.31. The molecule has 1 aliphatic rings. The molecule has 5 nitrogen and oxygen atoms in total. The van der Waals surface area contributed by atoms with Crippen LogP contribution in [-0.2, 0) is 21.4 Å². The number of rotatable bonds is 5. The number of nitrogens with one attached hydrogen (secondary N) is 1. The van der Waals surface area contributed by atoms with Gasteiger partial charge in [-0.2, -0.15) is 12.7 Å². The van der Waals surface area contributed by atoms with Crippen LogP contribution >= 0.6 is 0 Å². The molecule has 1 saturated heterocycles. The summed E-state index contributed by atoms with van der Waals surface area (Å²) in [6.07, 6.45) is 0.305. The summed E-state index contributed by atoms with van der Waals surface area (Å²) in [6.45, 7) is 4.72. The van der Waals surface area contributed by atoms with Crippen LogP contribution in [-0.4, -0.2) is 44.6 Å². The first-order valence-corrected chi connectivity index (χ1v) is 8.45. The van der Waals surface area contributed by atoms with E-state index in [-0.39, 0.29) is 24.6 Å². The van der Waals surface area contributed by atoms with Crippen molar-refractivity contribution in [2.45, 2.75) is 32.5 Å². The SMILES string of the molecule is C[C@H]1CN(S(=O)(=O)NCCc2ccc(F)cc2)C[C@H](C)O1. The average molecular weight is 316 g/mol. The van der Waals surface area contributed by atoms with Gasteiger partial charge in [0, 0.05) is 19.6 Å². The van der Waals surface area contributed by atoms with Crippen LogP contribution in [0.1, 0.15) is 19.4 Å². The van der Waals surface area contributed by atoms with Crippen LogP contribution in [0.25, 0.3) is 0 Å². The molecule has 1 heterocycles. The van der Waals surface area contributed by atoms with Crippen LogP contribution in [0, 0.1) is 5.82 Å². The number of hydrogen-bond donors (Lipinski definition) is 1. The molecule has 1 aromatic carbocycles. The first-order chi connectivity index (χ1) is 9.87. The second-order valence-electron chi connectivity index (χ2n) is 5.35. The molecule has 21 heavy (non-hydrogen) atoms. The zero-order valence-electron chi connectivity index (χ0n) is 12.3. The van der Waals surface area contributed by atoms with Gasteiger partial charge < -0.3 is 4.74 Å². The van der Waals surface area contributed by atoms with Crippen molar-refractivity contribution in [3.05, 3.63) is 35.6 Å². The maximum atomic E-state index is 12.8. The van der Waals surface area contributed by atoms with Crippen molar-refractivity contribution in [3.8, 4) is 0 Å². The molecular formula is C14H21FN2O3S. The van der Waals surface area contributed by atoms with E-state index in [1.165, 1.54) is 16.4 Å². The number of ether oxygens (including phenoxy) is 1. The van der Waals surface area contributed by atoms with Crippen molar-refractivity contribution in [2.75, 3.05) is 19.6 Å². The summed E-state index contributed by atoms with van der Waals surface area (Å²) in [4.78, 5) is 0. The zero-order chi connectivity index (χ0) is 15.5. The van der Waals surface area contributed by atoms with Gasteiger partial charge in [0.2, 0.25) is 0 Å². The number of morpholine rings is 1. The molecule has 0 saturated carbocycles. The van der Waals surface area contributed by atoms with Gasteiger partial charge in [-0.25, -0.2) is 9.11 Å². The van der Waals surface area contributed by atoms with Gasteiger partial charge in [0.15, 0.2) is 0 Å². The first kappa shape index (κ1) is 16.4. The summed E-state index contributed by atoms with van der Waals surface area (Å²) in [6, 6.07) is 6.05. The van der Waals surface area contributed by atoms with Gasteiger partial charge in [-0.1, -0.05) is 12.1 Å². The third-order valence-electron chi connectivity index (χ3n) is 3.34. The second-order valence-corrected chi connectivity index (χ2v) is 7.11. The van der Waals surface area contributed by atoms with Crippen LogP contribution in [0.4, 0.5) is 4.39 Å². The molecule has 0 aromatic heterocycles. The molecule has 1 aliphatic heterocycles. The van der Waals surface area contributed by atoms with Gasteiger partial charge in [-0.3, -0.25) is 0 Å². The summed E-state index contributed by atoms with van der Waals surface area (Å²) in [5.41, 5.74) is 0.891. The van der Waals surface area contributed by atoms with Crippen LogP contribution in [0.5, 0.6) is 0 Å². The van der Waals surface area contributed by atoms with Gasteiger partial charge in [0.25, 0.3) is 10.2 Å². The molecule has 0 radical (unpaired) electrons. The minimum absolute atomic E-state index is 0.109. The fourth-order valence-corrected chi connectivity index (χ4v) is 3.75. The topological polar surface area (TPSA) is 58.6 Å². The minimum atomic E-state index is -3.50. The molecule has 1 N–H and O–H groups in total. The van der Waals surface area contributed by atoms with E-state index >= 15 is 0 Å². The quantitative estimate of drug-likeness (QED) is 0.891. The summed E-state index contributed by atoms with van der Waals surface area (Å²) < 4.78 is 46.7. The highest BCUT2D eigenvalue weighted by molar-refractivity contribution is 7.87. The van der Waals surface area contributed by atoms with E-state index < -0.39 is 10.2 Å². The normalized spacial score (nSPS) is 24.1. The maximum absolute atomic E-state index is 12.8. The molecule has 0 unspecified atom stereocenters. The van der Waals surface area contributed by atoms with E-state index in [1.54, 1.807) is 12.1 Å². The summed E-state index contributed by atoms with van der Waals surface area (Å²) in [5.74, 6) is -0.296. The highest BCUT2D eigenvalue weighted by Crippen LogP contribution is 2.13. The van der Waals surface area contributed by atoms with E-state index in [0.29, 0.717) is 19.5 Å². The van der Waals surface area contributed by atoms with E-state index in [1.807, 2.05) is 13.8 Å². The largest absolute Gasteiger partial charge is 0.373 e. The molecule has 0 bridgehead atoms. The van der Waals surface area contributed by atoms with E-state index in [0.717, 1.165) is 5.56 Å². The lowest BCUT2D eigenvalue weighted by atomic mass is 10.1. The standard InChI is InChI=1S/C14H21FN2O3S/c1-11-9-17(10-12(2)20-11)21(18,19)16-8-7-13-3-5-14(15)6-4-13/h3-6,11-12,16H,7-10H2,1-2H3/t11-,12-/m0/s1. The lowest BCUT2D eigenvalue weighted by molar-refractivity contribution is -0.0443. The monoisotopic (exact) mass is 316 g/mol. The number of benzene rings is 1. The second kappa shape index (κ2) is 6.83. The highest BCUT2D eigenvalue weighted by atomic mass is 32.2. The Kier molecular flexibility index (Phi) is 5.32. The smallest absolute Gasteiger partial charge is 0.279 e. The number of nitrogens with zero attached hydrogens (tertiary/aromatic N) is 1. The Morgan fingerprint density at radius 1 is 1.24 bits per heavy atom. The van der Waals surface area contributed by atoms with Crippen molar-refractivity contribution in [3.63, 3.8) is 0 Å². The highest BCUT2D eigenvalue weighted by Gasteiger charge is 2.30. The predicted molar refractivity (Wildman–Crippen MR) is 78.6 cm³/mol. The van der Waals surface area contributed by atoms with Gasteiger partial charge in [0.05, 0.1) is 12.2 Å². The van der Waals surface area contributed by atoms with Gasteiger partial charge >= 0.3 is 0 Å². The number of hydrogen-bond acceptors (Lipinski definition) is 3. The molecule has 0 aliphatic carbocycles. The summed E-state index contributed by atoms with van der Waals surface area (Å²) >= 11 is 0. The third-order valence-corrected chi connectivity index (χ3v) is 4.88. The Labute approximate surface area is 125 Å². The third kappa shape index (κ3) is 4.74. The molecule has 1 aromatic rings. The van der Waals surface area contributed by atoms with Crippen molar-refractivity contribution in [1.82, 2.24) is 9.03 Å². The fourth-order valence-electron chi connectivity index (χ4n) is 2.39. The Bertz CT molecular complexity index is 552. The Morgan fingerprint density at radius 3 is 2.38 bits per heavy atom. The zero-order valence-corrected chi connectivity index (χ0v) is 13.1. The lowest BCUT2D eigenvalue weighted by Gasteiger charge is -2.34. The molecule has 0 spiro atoms. The van der Waals surface area contributed by atoms with Crippen LogP contribution in [0.3, 0.4) is 0 Å². The first-order valence-electron chi connectivity index (χ1n) is 7.01. The van der Waals surface area contributed by atoms with Crippen molar-refractivity contribution >= 4 is 10.2 Å². The Balaban J connectivity index is 1.87. The summed E-state index contributed by atoms with van der Waals surface area (Å²) in [7, 11) is -3.50.